The van der Waals surface area contributed by atoms with Crippen LogP contribution < -0.4 is 26.8 Å². The number of nitrogens with zero attached hydrogens (tertiary/aromatic N) is 1. The van der Waals surface area contributed by atoms with E-state index in [4.69, 9.17) is 23.1 Å². The molecule has 2 aromatic carbocycles. The predicted molar refractivity (Wildman–Crippen MR) is 118 cm³/mol. The van der Waals surface area contributed by atoms with Crippen LogP contribution in [-0.2, 0) is 11.3 Å². The van der Waals surface area contributed by atoms with Gasteiger partial charge in [-0.2, -0.15) is 0 Å². The maximum atomic E-state index is 12.4. The Morgan fingerprint density at radius 1 is 1.15 bits per heavy atom. The number of halogens is 4. The SMILES string of the molecule is Nc1cc(Cl)ccc1CN1CC[C@@H](NC(=O)CNC(=O)c2cc(OC(F)(F)F)ccc2N)C1. The average Bonchev–Trinajstić information content (AvgIpc) is 3.15. The number of nitrogen functional groups attached to an aromatic ring is 2. The number of likely N-dealkylation sites (tertiary alicyclic amines) is 1. The molecule has 33 heavy (non-hydrogen) atoms. The molecule has 2 amide bonds. The van der Waals surface area contributed by atoms with Crippen molar-refractivity contribution in [3.05, 3.63) is 52.5 Å². The second-order valence-corrected chi connectivity index (χ2v) is 8.05. The minimum atomic E-state index is -4.90. The number of nitrogens with one attached hydrogen (secondary N) is 2. The van der Waals surface area contributed by atoms with Crippen LogP contribution in [0.3, 0.4) is 0 Å². The molecule has 0 unspecified atom stereocenters. The quantitative estimate of drug-likeness (QED) is 0.447. The molecule has 178 valence electrons. The summed E-state index contributed by atoms with van der Waals surface area (Å²) in [7, 11) is 0. The Bertz CT molecular complexity index is 1030. The van der Waals surface area contributed by atoms with Gasteiger partial charge in [-0.25, -0.2) is 0 Å². The van der Waals surface area contributed by atoms with Gasteiger partial charge >= 0.3 is 6.36 Å². The van der Waals surface area contributed by atoms with Crippen LogP contribution >= 0.6 is 11.6 Å². The minimum absolute atomic E-state index is 0.0460. The van der Waals surface area contributed by atoms with Gasteiger partial charge in [-0.3, -0.25) is 14.5 Å². The summed E-state index contributed by atoms with van der Waals surface area (Å²) in [6.07, 6.45) is -4.19. The molecule has 12 heteroatoms. The summed E-state index contributed by atoms with van der Waals surface area (Å²) in [4.78, 5) is 26.7. The van der Waals surface area contributed by atoms with Crippen molar-refractivity contribution in [1.29, 1.82) is 0 Å². The molecular formula is C21H23ClF3N5O3. The summed E-state index contributed by atoms with van der Waals surface area (Å²) in [6.45, 7) is 1.61. The molecule has 1 aliphatic heterocycles. The lowest BCUT2D eigenvalue weighted by Gasteiger charge is -2.18. The van der Waals surface area contributed by atoms with E-state index in [0.717, 1.165) is 36.7 Å². The van der Waals surface area contributed by atoms with Gasteiger partial charge in [0.2, 0.25) is 5.91 Å². The smallest absolute Gasteiger partial charge is 0.406 e. The van der Waals surface area contributed by atoms with Crippen molar-refractivity contribution >= 4 is 34.8 Å². The zero-order valence-electron chi connectivity index (χ0n) is 17.4. The lowest BCUT2D eigenvalue weighted by Crippen LogP contribution is -2.43. The lowest BCUT2D eigenvalue weighted by atomic mass is 10.1. The third kappa shape index (κ3) is 7.16. The second-order valence-electron chi connectivity index (χ2n) is 7.61. The van der Waals surface area contributed by atoms with E-state index in [-0.39, 0.29) is 23.8 Å². The van der Waals surface area contributed by atoms with Crippen LogP contribution in [0.4, 0.5) is 24.5 Å². The van der Waals surface area contributed by atoms with E-state index < -0.39 is 23.9 Å². The molecule has 1 fully saturated rings. The first-order valence-electron chi connectivity index (χ1n) is 9.99. The summed E-state index contributed by atoms with van der Waals surface area (Å²) in [5.74, 6) is -1.80. The third-order valence-corrected chi connectivity index (χ3v) is 5.29. The Labute approximate surface area is 193 Å². The zero-order chi connectivity index (χ0) is 24.2. The van der Waals surface area contributed by atoms with Crippen LogP contribution in [0.5, 0.6) is 5.75 Å². The Balaban J connectivity index is 1.48. The van der Waals surface area contributed by atoms with Gasteiger partial charge < -0.3 is 26.8 Å². The number of nitrogens with two attached hydrogens (primary N) is 2. The number of alkyl halides is 3. The fraction of sp³-hybridized carbons (Fsp3) is 0.333. The summed E-state index contributed by atoms with van der Waals surface area (Å²) in [6, 6.07) is 8.19. The number of ether oxygens (including phenoxy) is 1. The molecule has 1 saturated heterocycles. The largest absolute Gasteiger partial charge is 0.573 e. The molecule has 2 aromatic rings. The Morgan fingerprint density at radius 2 is 1.91 bits per heavy atom. The molecule has 8 nitrogen and oxygen atoms in total. The molecule has 1 atom stereocenters. The highest BCUT2D eigenvalue weighted by molar-refractivity contribution is 6.30. The van der Waals surface area contributed by atoms with Crippen LogP contribution in [0.1, 0.15) is 22.3 Å². The molecule has 1 heterocycles. The fourth-order valence-electron chi connectivity index (χ4n) is 3.51. The van der Waals surface area contributed by atoms with Gasteiger partial charge in [0.25, 0.3) is 5.91 Å². The summed E-state index contributed by atoms with van der Waals surface area (Å²) < 4.78 is 41.0. The Kier molecular flexibility index (Phi) is 7.54. The van der Waals surface area contributed by atoms with E-state index in [1.807, 2.05) is 6.07 Å². The first-order valence-corrected chi connectivity index (χ1v) is 10.4. The number of hydrogen-bond donors (Lipinski definition) is 4. The molecule has 3 rings (SSSR count). The fourth-order valence-corrected chi connectivity index (χ4v) is 3.69. The monoisotopic (exact) mass is 485 g/mol. The highest BCUT2D eigenvalue weighted by atomic mass is 35.5. The van der Waals surface area contributed by atoms with Crippen molar-refractivity contribution in [3.8, 4) is 5.75 Å². The number of carbonyl (C=O) groups excluding carboxylic acids is 2. The molecule has 0 aliphatic carbocycles. The van der Waals surface area contributed by atoms with E-state index in [2.05, 4.69) is 20.3 Å². The van der Waals surface area contributed by atoms with Gasteiger partial charge in [0.05, 0.1) is 12.1 Å². The molecule has 0 spiro atoms. The van der Waals surface area contributed by atoms with E-state index in [1.165, 1.54) is 0 Å². The first-order chi connectivity index (χ1) is 15.5. The van der Waals surface area contributed by atoms with Gasteiger partial charge in [0.15, 0.2) is 0 Å². The summed E-state index contributed by atoms with van der Waals surface area (Å²) in [5.41, 5.74) is 12.9. The normalized spacial score (nSPS) is 16.4. The van der Waals surface area contributed by atoms with E-state index in [0.29, 0.717) is 23.8 Å². The molecule has 6 N–H and O–H groups in total. The zero-order valence-corrected chi connectivity index (χ0v) is 18.2. The number of rotatable bonds is 7. The number of anilines is 2. The minimum Gasteiger partial charge on any atom is -0.406 e. The maximum Gasteiger partial charge on any atom is 0.573 e. The van der Waals surface area contributed by atoms with E-state index >= 15 is 0 Å². The molecule has 0 radical (unpaired) electrons. The van der Waals surface area contributed by atoms with Crippen LogP contribution in [0.2, 0.25) is 5.02 Å². The van der Waals surface area contributed by atoms with Gasteiger partial charge in [-0.1, -0.05) is 17.7 Å². The average molecular weight is 486 g/mol. The van der Waals surface area contributed by atoms with Crippen molar-refractivity contribution in [1.82, 2.24) is 15.5 Å². The standard InChI is InChI=1S/C21H23ClF3N5O3/c22-13-2-1-12(18(27)7-13)10-30-6-5-14(11-30)29-19(31)9-28-20(32)16-8-15(3-4-17(16)26)33-21(23,24)25/h1-4,7-8,14H,5-6,9-11,26-27H2,(H,28,32)(H,29,31)/t14-/m1/s1. The van der Waals surface area contributed by atoms with Crippen molar-refractivity contribution < 1.29 is 27.5 Å². The molecule has 1 aliphatic rings. The predicted octanol–water partition coefficient (Wildman–Crippen LogP) is 2.52. The number of amides is 2. The van der Waals surface area contributed by atoms with Crippen molar-refractivity contribution in [2.24, 2.45) is 0 Å². The third-order valence-electron chi connectivity index (χ3n) is 5.05. The van der Waals surface area contributed by atoms with Crippen LogP contribution in [0.15, 0.2) is 36.4 Å². The lowest BCUT2D eigenvalue weighted by molar-refractivity contribution is -0.274. The van der Waals surface area contributed by atoms with Gasteiger partial charge in [-0.05, 0) is 42.3 Å². The molecular weight excluding hydrogens is 463 g/mol. The van der Waals surface area contributed by atoms with Crippen molar-refractivity contribution in [2.75, 3.05) is 31.1 Å². The summed E-state index contributed by atoms with van der Waals surface area (Å²) >= 11 is 5.92. The molecule has 0 bridgehead atoms. The van der Waals surface area contributed by atoms with E-state index in [9.17, 15) is 22.8 Å². The second kappa shape index (κ2) is 10.2. The van der Waals surface area contributed by atoms with Gasteiger partial charge in [0, 0.05) is 42.1 Å². The van der Waals surface area contributed by atoms with Gasteiger partial charge in [0.1, 0.15) is 5.75 Å². The topological polar surface area (TPSA) is 123 Å². The Hall–Kier alpha value is -3.18. The van der Waals surface area contributed by atoms with Crippen LogP contribution in [-0.4, -0.2) is 48.8 Å². The first kappa shape index (κ1) is 24.5. The molecule has 0 saturated carbocycles. The number of hydrogen-bond acceptors (Lipinski definition) is 6. The number of carbonyl (C=O) groups is 2. The number of benzene rings is 2. The summed E-state index contributed by atoms with van der Waals surface area (Å²) in [5, 5.41) is 5.75. The Morgan fingerprint density at radius 3 is 2.61 bits per heavy atom. The van der Waals surface area contributed by atoms with Crippen molar-refractivity contribution in [3.63, 3.8) is 0 Å². The highest BCUT2D eigenvalue weighted by Gasteiger charge is 2.31. The van der Waals surface area contributed by atoms with E-state index in [1.54, 1.807) is 12.1 Å². The van der Waals surface area contributed by atoms with Gasteiger partial charge in [-0.15, -0.1) is 13.2 Å². The molecule has 0 aromatic heterocycles. The van der Waals surface area contributed by atoms with Crippen LogP contribution in [0, 0.1) is 0 Å². The highest BCUT2D eigenvalue weighted by Crippen LogP contribution is 2.26. The maximum absolute atomic E-state index is 12.4. The van der Waals surface area contributed by atoms with Crippen LogP contribution in [0.25, 0.3) is 0 Å². The van der Waals surface area contributed by atoms with Crippen molar-refractivity contribution in [2.45, 2.75) is 25.4 Å².